The third kappa shape index (κ3) is 6.54. The van der Waals surface area contributed by atoms with E-state index >= 15 is 0 Å². The number of thioether (sulfide) groups is 1. The van der Waals surface area contributed by atoms with Gasteiger partial charge in [0.2, 0.25) is 17.0 Å². The fraction of sp³-hybridized carbons (Fsp3) is 0.375. The number of hydrogen-bond acceptors (Lipinski definition) is 6. The summed E-state index contributed by atoms with van der Waals surface area (Å²) in [4.78, 5) is 16.0. The van der Waals surface area contributed by atoms with E-state index in [9.17, 15) is 9.18 Å². The number of carbonyl (C=O) groups is 1. The van der Waals surface area contributed by atoms with Crippen LogP contribution in [0.25, 0.3) is 0 Å². The minimum absolute atomic E-state index is 0.0815. The molecule has 0 aliphatic heterocycles. The summed E-state index contributed by atoms with van der Waals surface area (Å²) in [6.07, 6.45) is 0. The third-order valence-electron chi connectivity index (χ3n) is 2.90. The molecule has 0 aliphatic rings. The van der Waals surface area contributed by atoms with Crippen molar-refractivity contribution in [1.29, 1.82) is 0 Å². The molecule has 3 N–H and O–H groups in total. The van der Waals surface area contributed by atoms with Gasteiger partial charge < -0.3 is 5.32 Å². The predicted molar refractivity (Wildman–Crippen MR) is 97.2 cm³/mol. The van der Waals surface area contributed by atoms with Crippen LogP contribution in [0.3, 0.4) is 0 Å². The first kappa shape index (κ1) is 18.9. The molecule has 0 fully saturated rings. The van der Waals surface area contributed by atoms with Crippen molar-refractivity contribution < 1.29 is 9.18 Å². The second kappa shape index (κ2) is 8.11. The van der Waals surface area contributed by atoms with Gasteiger partial charge in [-0.3, -0.25) is 4.79 Å². The van der Waals surface area contributed by atoms with Gasteiger partial charge in [0.25, 0.3) is 0 Å². The average molecular weight is 364 g/mol. The summed E-state index contributed by atoms with van der Waals surface area (Å²) < 4.78 is 12.9. The molecule has 9 heteroatoms. The molecule has 0 saturated heterocycles. The number of amides is 1. The van der Waals surface area contributed by atoms with Gasteiger partial charge in [-0.15, -0.1) is 5.10 Å². The van der Waals surface area contributed by atoms with Gasteiger partial charge >= 0.3 is 0 Å². The smallest absolute Gasteiger partial charge is 0.240 e. The zero-order chi connectivity index (χ0) is 18.4. The maximum Gasteiger partial charge on any atom is 0.240 e. The van der Waals surface area contributed by atoms with Crippen LogP contribution in [0.5, 0.6) is 0 Å². The van der Waals surface area contributed by atoms with Crippen LogP contribution < -0.4 is 10.7 Å². The predicted octanol–water partition coefficient (Wildman–Crippen LogP) is 2.79. The Balaban J connectivity index is 1.87. The Hall–Kier alpha value is -2.42. The van der Waals surface area contributed by atoms with E-state index < -0.39 is 0 Å². The SMILES string of the molecule is C/C(=N\Nc1nc(SCC(=O)NC(C)(C)C)n[nH]1)c1ccc(F)cc1. The summed E-state index contributed by atoms with van der Waals surface area (Å²) in [5.41, 5.74) is 3.96. The minimum atomic E-state index is -0.295. The topological polar surface area (TPSA) is 95.1 Å². The number of hydrazone groups is 1. The van der Waals surface area contributed by atoms with Gasteiger partial charge in [0.15, 0.2) is 0 Å². The van der Waals surface area contributed by atoms with Crippen molar-refractivity contribution in [2.45, 2.75) is 38.4 Å². The first-order chi connectivity index (χ1) is 11.7. The summed E-state index contributed by atoms with van der Waals surface area (Å²) in [6, 6.07) is 6.04. The Morgan fingerprint density at radius 1 is 1.32 bits per heavy atom. The summed E-state index contributed by atoms with van der Waals surface area (Å²) in [5, 5.41) is 14.2. The van der Waals surface area contributed by atoms with E-state index in [-0.39, 0.29) is 23.0 Å². The number of H-pyrrole nitrogens is 1. The fourth-order valence-electron chi connectivity index (χ4n) is 1.84. The van der Waals surface area contributed by atoms with Gasteiger partial charge in [-0.2, -0.15) is 10.1 Å². The van der Waals surface area contributed by atoms with Crippen LogP contribution in [0, 0.1) is 5.82 Å². The lowest BCUT2D eigenvalue weighted by molar-refractivity contribution is -0.119. The molecule has 134 valence electrons. The lowest BCUT2D eigenvalue weighted by Crippen LogP contribution is -2.41. The standard InChI is InChI=1S/C16H21FN6OS/c1-10(11-5-7-12(17)8-6-11)20-21-14-18-15(23-22-14)25-9-13(24)19-16(2,3)4/h5-8H,9H2,1-4H3,(H,19,24)(H2,18,21,22,23)/b20-10+. The number of nitrogens with zero attached hydrogens (tertiary/aromatic N) is 3. The van der Waals surface area contributed by atoms with E-state index in [1.807, 2.05) is 20.8 Å². The Labute approximate surface area is 149 Å². The molecule has 1 aromatic heterocycles. The normalized spacial score (nSPS) is 12.1. The zero-order valence-electron chi connectivity index (χ0n) is 14.6. The zero-order valence-corrected chi connectivity index (χ0v) is 15.4. The molecule has 1 heterocycles. The number of rotatable bonds is 6. The molecule has 25 heavy (non-hydrogen) atoms. The van der Waals surface area contributed by atoms with E-state index in [0.29, 0.717) is 16.8 Å². The van der Waals surface area contributed by atoms with E-state index in [2.05, 4.69) is 31.0 Å². The molecule has 0 bridgehead atoms. The first-order valence-corrected chi connectivity index (χ1v) is 8.64. The molecular formula is C16H21FN6OS. The molecule has 0 saturated carbocycles. The molecular weight excluding hydrogens is 343 g/mol. The Morgan fingerprint density at radius 3 is 2.64 bits per heavy atom. The average Bonchev–Trinajstić information content (AvgIpc) is 2.98. The monoisotopic (exact) mass is 364 g/mol. The van der Waals surface area contributed by atoms with Crippen LogP contribution >= 0.6 is 11.8 Å². The number of carbonyl (C=O) groups excluding carboxylic acids is 1. The minimum Gasteiger partial charge on any atom is -0.351 e. The lowest BCUT2D eigenvalue weighted by atomic mass is 10.1. The largest absolute Gasteiger partial charge is 0.351 e. The Kier molecular flexibility index (Phi) is 6.13. The van der Waals surface area contributed by atoms with Crippen LogP contribution in [0.2, 0.25) is 0 Å². The van der Waals surface area contributed by atoms with Gasteiger partial charge in [-0.1, -0.05) is 23.9 Å². The highest BCUT2D eigenvalue weighted by atomic mass is 32.2. The van der Waals surface area contributed by atoms with Gasteiger partial charge in [-0.25, -0.2) is 14.9 Å². The van der Waals surface area contributed by atoms with Crippen LogP contribution in [0.1, 0.15) is 33.3 Å². The maximum absolute atomic E-state index is 12.9. The molecule has 1 aromatic carbocycles. The first-order valence-electron chi connectivity index (χ1n) is 7.65. The molecule has 2 aromatic rings. The molecule has 0 atom stereocenters. The number of benzene rings is 1. The van der Waals surface area contributed by atoms with Crippen LogP contribution in [0.15, 0.2) is 34.5 Å². The van der Waals surface area contributed by atoms with Crippen molar-refractivity contribution in [3.8, 4) is 0 Å². The lowest BCUT2D eigenvalue weighted by Gasteiger charge is -2.19. The second-order valence-electron chi connectivity index (χ2n) is 6.37. The summed E-state index contributed by atoms with van der Waals surface area (Å²) in [6.45, 7) is 7.56. The molecule has 0 radical (unpaired) electrons. The highest BCUT2D eigenvalue weighted by Gasteiger charge is 2.14. The molecule has 7 nitrogen and oxygen atoms in total. The number of halogens is 1. The quantitative estimate of drug-likeness (QED) is 0.416. The maximum atomic E-state index is 12.9. The summed E-state index contributed by atoms with van der Waals surface area (Å²) in [5.74, 6) is 0.214. The third-order valence-corrected chi connectivity index (χ3v) is 3.75. The van der Waals surface area contributed by atoms with Gasteiger partial charge in [-0.05, 0) is 45.4 Å². The molecule has 1 amide bonds. The number of nitrogens with one attached hydrogen (secondary N) is 3. The fourth-order valence-corrected chi connectivity index (χ4v) is 2.44. The number of aromatic nitrogens is 3. The molecule has 2 rings (SSSR count). The van der Waals surface area contributed by atoms with Crippen molar-refractivity contribution in [2.75, 3.05) is 11.2 Å². The van der Waals surface area contributed by atoms with Crippen LogP contribution in [0.4, 0.5) is 10.3 Å². The van der Waals surface area contributed by atoms with Crippen molar-refractivity contribution in [3.05, 3.63) is 35.6 Å². The Morgan fingerprint density at radius 2 is 2.00 bits per heavy atom. The van der Waals surface area contributed by atoms with Crippen molar-refractivity contribution in [2.24, 2.45) is 5.10 Å². The van der Waals surface area contributed by atoms with Crippen LogP contribution in [-0.2, 0) is 4.79 Å². The van der Waals surface area contributed by atoms with Crippen molar-refractivity contribution >= 4 is 29.3 Å². The van der Waals surface area contributed by atoms with Crippen molar-refractivity contribution in [1.82, 2.24) is 20.5 Å². The summed E-state index contributed by atoms with van der Waals surface area (Å²) in [7, 11) is 0. The van der Waals surface area contributed by atoms with E-state index in [1.165, 1.54) is 23.9 Å². The molecule has 0 aliphatic carbocycles. The second-order valence-corrected chi connectivity index (χ2v) is 7.31. The van der Waals surface area contributed by atoms with E-state index in [0.717, 1.165) is 5.56 Å². The van der Waals surface area contributed by atoms with Crippen molar-refractivity contribution in [3.63, 3.8) is 0 Å². The van der Waals surface area contributed by atoms with Crippen LogP contribution in [-0.4, -0.2) is 38.1 Å². The molecule has 0 spiro atoms. The number of aromatic amines is 1. The highest BCUT2D eigenvalue weighted by molar-refractivity contribution is 7.99. The highest BCUT2D eigenvalue weighted by Crippen LogP contribution is 2.14. The number of anilines is 1. The van der Waals surface area contributed by atoms with Gasteiger partial charge in [0, 0.05) is 5.54 Å². The van der Waals surface area contributed by atoms with E-state index in [4.69, 9.17) is 0 Å². The number of hydrogen-bond donors (Lipinski definition) is 3. The summed E-state index contributed by atoms with van der Waals surface area (Å²) >= 11 is 1.23. The van der Waals surface area contributed by atoms with Gasteiger partial charge in [0.05, 0.1) is 11.5 Å². The molecule has 0 unspecified atom stereocenters. The van der Waals surface area contributed by atoms with Gasteiger partial charge in [0.1, 0.15) is 5.82 Å². The Bertz CT molecular complexity index is 751. The van der Waals surface area contributed by atoms with E-state index in [1.54, 1.807) is 19.1 Å².